The number of amides is 1. The minimum absolute atomic E-state index is 0.191. The van der Waals surface area contributed by atoms with Crippen molar-refractivity contribution in [3.05, 3.63) is 48.0 Å². The normalized spacial score (nSPS) is 18.9. The monoisotopic (exact) mass is 319 g/mol. The number of aliphatic hydroxyl groups excluding tert-OH is 1. The third-order valence-corrected chi connectivity index (χ3v) is 3.76. The molecular weight excluding hydrogens is 298 g/mol. The zero-order valence-electron chi connectivity index (χ0n) is 13.1. The number of likely N-dealkylation sites (tertiary alicyclic amines) is 1. The Morgan fingerprint density at radius 2 is 2.13 bits per heavy atom. The van der Waals surface area contributed by atoms with E-state index in [0.717, 1.165) is 18.1 Å². The molecule has 0 radical (unpaired) electrons. The smallest absolute Gasteiger partial charge is 0.410 e. The van der Waals surface area contributed by atoms with Crippen molar-refractivity contribution in [1.82, 2.24) is 4.90 Å². The van der Waals surface area contributed by atoms with Gasteiger partial charge in [-0.25, -0.2) is 9.59 Å². The molecule has 1 saturated heterocycles. The predicted octanol–water partition coefficient (Wildman–Crippen LogP) is 1.88. The lowest BCUT2D eigenvalue weighted by molar-refractivity contribution is -0.134. The van der Waals surface area contributed by atoms with Gasteiger partial charge in [0.1, 0.15) is 6.61 Å². The third kappa shape index (κ3) is 4.82. The van der Waals surface area contributed by atoms with Gasteiger partial charge in [0.25, 0.3) is 0 Å². The van der Waals surface area contributed by atoms with Crippen LogP contribution < -0.4 is 0 Å². The van der Waals surface area contributed by atoms with Crippen molar-refractivity contribution in [3.8, 4) is 0 Å². The van der Waals surface area contributed by atoms with Gasteiger partial charge >= 0.3 is 12.1 Å². The first-order valence-corrected chi connectivity index (χ1v) is 7.53. The summed E-state index contributed by atoms with van der Waals surface area (Å²) in [7, 11) is 1.27. The maximum Gasteiger partial charge on any atom is 0.410 e. The second-order valence-corrected chi connectivity index (χ2v) is 5.32. The Bertz CT molecular complexity index is 557. The fourth-order valence-electron chi connectivity index (χ4n) is 2.55. The largest absolute Gasteiger partial charge is 0.466 e. The molecule has 1 aromatic carbocycles. The van der Waals surface area contributed by atoms with Crippen molar-refractivity contribution in [3.63, 3.8) is 0 Å². The Kier molecular flexibility index (Phi) is 6.17. The van der Waals surface area contributed by atoms with E-state index in [-0.39, 0.29) is 12.6 Å². The molecule has 1 aliphatic heterocycles. The number of ether oxygens (including phenoxy) is 2. The molecule has 23 heavy (non-hydrogen) atoms. The van der Waals surface area contributed by atoms with Crippen molar-refractivity contribution < 1.29 is 24.2 Å². The van der Waals surface area contributed by atoms with Crippen LogP contribution in [0.2, 0.25) is 0 Å². The number of carbonyl (C=O) groups is 2. The van der Waals surface area contributed by atoms with E-state index < -0.39 is 18.2 Å². The van der Waals surface area contributed by atoms with Crippen LogP contribution in [-0.2, 0) is 20.9 Å². The number of hydrogen-bond acceptors (Lipinski definition) is 5. The molecule has 0 aliphatic carbocycles. The molecule has 1 fully saturated rings. The molecule has 6 heteroatoms. The Morgan fingerprint density at radius 3 is 2.83 bits per heavy atom. The lowest BCUT2D eigenvalue weighted by Gasteiger charge is -2.26. The highest BCUT2D eigenvalue weighted by atomic mass is 16.6. The number of rotatable bonds is 5. The summed E-state index contributed by atoms with van der Waals surface area (Å²) >= 11 is 0. The van der Waals surface area contributed by atoms with E-state index in [2.05, 4.69) is 4.74 Å². The van der Waals surface area contributed by atoms with Crippen LogP contribution in [0, 0.1) is 0 Å². The van der Waals surface area contributed by atoms with Crippen LogP contribution in [0.1, 0.15) is 18.4 Å². The first-order valence-electron chi connectivity index (χ1n) is 7.53. The van der Waals surface area contributed by atoms with Crippen molar-refractivity contribution in [1.29, 1.82) is 0 Å². The highest BCUT2D eigenvalue weighted by molar-refractivity contribution is 5.81. The zero-order chi connectivity index (χ0) is 16.7. The minimum atomic E-state index is -0.930. The van der Waals surface area contributed by atoms with Gasteiger partial charge in [0.05, 0.1) is 19.3 Å². The minimum Gasteiger partial charge on any atom is -0.466 e. The van der Waals surface area contributed by atoms with Crippen molar-refractivity contribution in [2.45, 2.75) is 31.6 Å². The van der Waals surface area contributed by atoms with Gasteiger partial charge in [-0.05, 0) is 24.5 Å². The summed E-state index contributed by atoms with van der Waals surface area (Å²) < 4.78 is 9.78. The topological polar surface area (TPSA) is 76.1 Å². The molecule has 1 N–H and O–H groups in total. The van der Waals surface area contributed by atoms with E-state index in [4.69, 9.17) is 4.74 Å². The van der Waals surface area contributed by atoms with Crippen molar-refractivity contribution in [2.75, 3.05) is 13.7 Å². The fraction of sp³-hybridized carbons (Fsp3) is 0.412. The maximum atomic E-state index is 12.2. The van der Waals surface area contributed by atoms with Crippen LogP contribution in [0.25, 0.3) is 0 Å². The summed E-state index contributed by atoms with van der Waals surface area (Å²) in [6.45, 7) is 0.721. The quantitative estimate of drug-likeness (QED) is 0.662. The lowest BCUT2D eigenvalue weighted by atomic mass is 10.1. The molecule has 0 saturated carbocycles. The van der Waals surface area contributed by atoms with Gasteiger partial charge in [-0.3, -0.25) is 0 Å². The molecule has 0 unspecified atom stereocenters. The molecule has 1 amide bonds. The molecule has 2 rings (SSSR count). The standard InChI is InChI=1S/C17H21NO5/c1-22-16(20)10-9-15(19)14-8-5-11-18(14)17(21)23-12-13-6-3-2-4-7-13/h2-4,6-7,9-10,14-15,19H,5,8,11-12H2,1H3/b10-9+/t14-,15+/m0/s1. The van der Waals surface area contributed by atoms with Crippen LogP contribution in [0.5, 0.6) is 0 Å². The average Bonchev–Trinajstić information content (AvgIpc) is 3.08. The summed E-state index contributed by atoms with van der Waals surface area (Å²) in [4.78, 5) is 24.8. The summed E-state index contributed by atoms with van der Waals surface area (Å²) in [5.74, 6) is -0.541. The van der Waals surface area contributed by atoms with E-state index >= 15 is 0 Å². The van der Waals surface area contributed by atoms with Gasteiger partial charge in [0, 0.05) is 12.6 Å². The fourth-order valence-corrected chi connectivity index (χ4v) is 2.55. The van der Waals surface area contributed by atoms with Crippen molar-refractivity contribution >= 4 is 12.1 Å². The van der Waals surface area contributed by atoms with Gasteiger partial charge < -0.3 is 19.5 Å². The Labute approximate surface area is 135 Å². The van der Waals surface area contributed by atoms with Gasteiger partial charge in [0.2, 0.25) is 0 Å². The number of nitrogens with zero attached hydrogens (tertiary/aromatic N) is 1. The summed E-state index contributed by atoms with van der Waals surface area (Å²) in [5, 5.41) is 10.2. The maximum absolute atomic E-state index is 12.2. The molecule has 2 atom stereocenters. The van der Waals surface area contributed by atoms with Crippen LogP contribution in [0.3, 0.4) is 0 Å². The molecule has 6 nitrogen and oxygen atoms in total. The zero-order valence-corrected chi connectivity index (χ0v) is 13.1. The highest BCUT2D eigenvalue weighted by Crippen LogP contribution is 2.22. The van der Waals surface area contributed by atoms with E-state index in [0.29, 0.717) is 13.0 Å². The second-order valence-electron chi connectivity index (χ2n) is 5.32. The van der Waals surface area contributed by atoms with E-state index in [1.54, 1.807) is 0 Å². The van der Waals surface area contributed by atoms with Crippen LogP contribution in [0.15, 0.2) is 42.5 Å². The third-order valence-electron chi connectivity index (χ3n) is 3.76. The first-order chi connectivity index (χ1) is 11.1. The van der Waals surface area contributed by atoms with Crippen LogP contribution >= 0.6 is 0 Å². The molecule has 0 bridgehead atoms. The van der Waals surface area contributed by atoms with Gasteiger partial charge in [-0.1, -0.05) is 30.3 Å². The van der Waals surface area contributed by atoms with E-state index in [9.17, 15) is 14.7 Å². The molecule has 0 spiro atoms. The Balaban J connectivity index is 1.91. The van der Waals surface area contributed by atoms with E-state index in [1.165, 1.54) is 18.1 Å². The Hall–Kier alpha value is -2.34. The summed E-state index contributed by atoms with van der Waals surface area (Å²) in [6.07, 6.45) is 2.57. The van der Waals surface area contributed by atoms with E-state index in [1.807, 2.05) is 30.3 Å². The average molecular weight is 319 g/mol. The van der Waals surface area contributed by atoms with Crippen molar-refractivity contribution in [2.24, 2.45) is 0 Å². The highest BCUT2D eigenvalue weighted by Gasteiger charge is 2.33. The SMILES string of the molecule is COC(=O)/C=C/[C@@H](O)[C@@H]1CCCN1C(=O)OCc1ccccc1. The summed E-state index contributed by atoms with van der Waals surface area (Å²) in [6, 6.07) is 9.02. The number of hydrogen-bond donors (Lipinski definition) is 1. The molecule has 1 heterocycles. The molecule has 0 aromatic heterocycles. The number of carbonyl (C=O) groups excluding carboxylic acids is 2. The van der Waals surface area contributed by atoms with Crippen LogP contribution in [0.4, 0.5) is 4.79 Å². The number of methoxy groups -OCH3 is 1. The number of benzene rings is 1. The Morgan fingerprint density at radius 1 is 1.39 bits per heavy atom. The van der Waals surface area contributed by atoms with Gasteiger partial charge in [-0.2, -0.15) is 0 Å². The lowest BCUT2D eigenvalue weighted by Crippen LogP contribution is -2.42. The number of esters is 1. The second kappa shape index (κ2) is 8.33. The molecule has 124 valence electrons. The summed E-state index contributed by atoms with van der Waals surface area (Å²) in [5.41, 5.74) is 0.905. The predicted molar refractivity (Wildman–Crippen MR) is 83.5 cm³/mol. The first kappa shape index (κ1) is 17.0. The molecular formula is C17H21NO5. The van der Waals surface area contributed by atoms with Gasteiger partial charge in [0.15, 0.2) is 0 Å². The van der Waals surface area contributed by atoms with Crippen LogP contribution in [-0.4, -0.2) is 47.9 Å². The van der Waals surface area contributed by atoms with Gasteiger partial charge in [-0.15, -0.1) is 0 Å². The molecule has 1 aliphatic rings. The molecule has 1 aromatic rings. The number of aliphatic hydroxyl groups is 1.